The zero-order chi connectivity index (χ0) is 27.7. The topological polar surface area (TPSA) is 57.7 Å². The van der Waals surface area contributed by atoms with Crippen LogP contribution in [0.4, 0.5) is 33.3 Å². The summed E-state index contributed by atoms with van der Waals surface area (Å²) in [5.41, 5.74) is -2.46. The van der Waals surface area contributed by atoms with Crippen molar-refractivity contribution in [3.05, 3.63) is 45.6 Å². The first kappa shape index (κ1) is 29.4. The number of ether oxygens (including phenoxy) is 1. The summed E-state index contributed by atoms with van der Waals surface area (Å²) in [6.45, 7) is 3.51. The summed E-state index contributed by atoms with van der Waals surface area (Å²) in [6, 6.07) is 1.76. The van der Waals surface area contributed by atoms with Gasteiger partial charge in [0.25, 0.3) is 5.91 Å². The van der Waals surface area contributed by atoms with E-state index < -0.39 is 55.0 Å². The number of piperazine rings is 1. The largest absolute Gasteiger partial charge is 0.477 e. The molecule has 0 unspecified atom stereocenters. The van der Waals surface area contributed by atoms with Crippen LogP contribution in [-0.2, 0) is 6.18 Å². The normalized spacial score (nSPS) is 17.6. The van der Waals surface area contributed by atoms with Gasteiger partial charge in [-0.2, -0.15) is 13.2 Å². The van der Waals surface area contributed by atoms with E-state index in [9.17, 15) is 22.4 Å². The molecule has 13 heteroatoms. The van der Waals surface area contributed by atoms with Crippen LogP contribution < -0.4 is 15.0 Å². The molecular weight excluding hydrogens is 583 g/mol. The van der Waals surface area contributed by atoms with Gasteiger partial charge in [0.15, 0.2) is 5.82 Å². The van der Waals surface area contributed by atoms with Gasteiger partial charge in [0, 0.05) is 49.8 Å². The lowest BCUT2D eigenvalue weighted by Gasteiger charge is -2.39. The second kappa shape index (κ2) is 11.3. The van der Waals surface area contributed by atoms with Crippen LogP contribution in [0.3, 0.4) is 0 Å². The Morgan fingerprint density at radius 3 is 2.51 bits per heavy atom. The number of hydrogen-bond donors (Lipinski definition) is 1. The molecule has 2 heterocycles. The lowest BCUT2D eigenvalue weighted by Crippen LogP contribution is -2.50. The molecule has 2 aromatic rings. The quantitative estimate of drug-likeness (QED) is 0.325. The zero-order valence-electron chi connectivity index (χ0n) is 21.2. The Morgan fingerprint density at radius 2 is 1.92 bits per heavy atom. The summed E-state index contributed by atoms with van der Waals surface area (Å²) in [6.07, 6.45) is 1.99. The molecule has 1 fully saturated rings. The lowest BCUT2D eigenvalue weighted by atomic mass is 10.1. The number of carbonyl (C=O) groups is 1. The number of aromatic nitrogens is 1. The fourth-order valence-electron chi connectivity index (χ4n) is 3.73. The number of benzene rings is 1. The van der Waals surface area contributed by atoms with Gasteiger partial charge < -0.3 is 19.9 Å². The van der Waals surface area contributed by atoms with Crippen molar-refractivity contribution in [2.75, 3.05) is 68.0 Å². The second-order valence-electron chi connectivity index (χ2n) is 9.82. The summed E-state index contributed by atoms with van der Waals surface area (Å²) >= 11 is 2.81. The van der Waals surface area contributed by atoms with Crippen molar-refractivity contribution in [1.29, 1.82) is 0 Å². The van der Waals surface area contributed by atoms with Crippen LogP contribution in [0, 0.1) is 11.6 Å². The van der Waals surface area contributed by atoms with Crippen molar-refractivity contribution in [3.8, 4) is 5.88 Å². The molecule has 3 rings (SSSR count). The molecule has 1 atom stereocenters. The Labute approximate surface area is 223 Å². The van der Waals surface area contributed by atoms with Crippen LogP contribution >= 0.6 is 26.0 Å². The third-order valence-electron chi connectivity index (χ3n) is 6.05. The summed E-state index contributed by atoms with van der Waals surface area (Å²) in [5.74, 6) is -2.86. The summed E-state index contributed by atoms with van der Waals surface area (Å²) < 4.78 is 76.1. The molecule has 37 heavy (non-hydrogen) atoms. The number of nitrogens with zero attached hydrogens (tertiary/aromatic N) is 3. The third kappa shape index (κ3) is 7.26. The van der Waals surface area contributed by atoms with Crippen molar-refractivity contribution in [3.63, 3.8) is 0 Å². The van der Waals surface area contributed by atoms with Gasteiger partial charge in [0.1, 0.15) is 11.5 Å². The number of halogens is 6. The van der Waals surface area contributed by atoms with Crippen molar-refractivity contribution in [1.82, 2.24) is 9.88 Å². The number of anilines is 2. The number of alkyl halides is 3. The standard InChI is InChI=1S/C24H30BrF5N4O2S/c1-14-13-34(7-6-33(14)2)18-11-17(26)20(25)21(27)22(18)32-23(35)15-12-31-19(10-16(15)24(28,29)30)36-8-9-37(3,4)5/h10-12,14H,6-9,13H2,1-5H3,(H,32,35)/t14-/m0/s1. The monoisotopic (exact) mass is 612 g/mol. The van der Waals surface area contributed by atoms with Gasteiger partial charge in [0.05, 0.1) is 27.9 Å². The molecule has 0 aliphatic carbocycles. The van der Waals surface area contributed by atoms with Gasteiger partial charge in [-0.3, -0.25) is 4.79 Å². The molecule has 1 aromatic heterocycles. The minimum Gasteiger partial charge on any atom is -0.477 e. The van der Waals surface area contributed by atoms with E-state index in [0.29, 0.717) is 31.5 Å². The Balaban J connectivity index is 1.95. The molecule has 0 bridgehead atoms. The van der Waals surface area contributed by atoms with Crippen molar-refractivity contribution >= 4 is 43.2 Å². The number of amides is 1. The number of pyridine rings is 1. The van der Waals surface area contributed by atoms with Crippen LogP contribution in [0.1, 0.15) is 22.8 Å². The van der Waals surface area contributed by atoms with E-state index in [-0.39, 0.29) is 24.2 Å². The minimum absolute atomic E-state index is 0.0395. The summed E-state index contributed by atoms with van der Waals surface area (Å²) in [7, 11) is 0.982. The molecule has 0 spiro atoms. The lowest BCUT2D eigenvalue weighted by molar-refractivity contribution is -0.138. The maximum atomic E-state index is 15.2. The molecule has 0 radical (unpaired) electrons. The molecule has 1 saturated heterocycles. The molecule has 206 valence electrons. The summed E-state index contributed by atoms with van der Waals surface area (Å²) in [4.78, 5) is 20.7. The maximum Gasteiger partial charge on any atom is 0.417 e. The van der Waals surface area contributed by atoms with E-state index in [1.807, 2.05) is 32.7 Å². The van der Waals surface area contributed by atoms with Crippen LogP contribution in [-0.4, -0.2) is 79.6 Å². The number of rotatable bonds is 7. The first-order chi connectivity index (χ1) is 17.1. The molecule has 0 saturated carbocycles. The van der Waals surface area contributed by atoms with E-state index in [0.717, 1.165) is 12.3 Å². The smallest absolute Gasteiger partial charge is 0.417 e. The van der Waals surface area contributed by atoms with Crippen molar-refractivity contribution in [2.45, 2.75) is 19.1 Å². The molecule has 6 nitrogen and oxygen atoms in total. The van der Waals surface area contributed by atoms with Gasteiger partial charge in [0.2, 0.25) is 5.88 Å². The van der Waals surface area contributed by atoms with E-state index in [1.54, 1.807) is 4.90 Å². The highest BCUT2D eigenvalue weighted by molar-refractivity contribution is 9.10. The van der Waals surface area contributed by atoms with Gasteiger partial charge in [-0.15, -0.1) is 0 Å². The van der Waals surface area contributed by atoms with Crippen LogP contribution in [0.2, 0.25) is 0 Å². The number of likely N-dealkylation sites (N-methyl/N-ethyl adjacent to an activating group) is 1. The molecule has 1 aromatic carbocycles. The van der Waals surface area contributed by atoms with E-state index in [1.165, 1.54) is 0 Å². The molecule has 1 amide bonds. The molecule has 1 aliphatic heterocycles. The maximum absolute atomic E-state index is 15.2. The predicted molar refractivity (Wildman–Crippen MR) is 141 cm³/mol. The number of hydrogen-bond acceptors (Lipinski definition) is 5. The predicted octanol–water partition coefficient (Wildman–Crippen LogP) is 5.61. The first-order valence-electron chi connectivity index (χ1n) is 11.4. The molecule has 1 N–H and O–H groups in total. The highest BCUT2D eigenvalue weighted by Crippen LogP contribution is 2.39. The van der Waals surface area contributed by atoms with E-state index >= 15 is 4.39 Å². The van der Waals surface area contributed by atoms with Crippen molar-refractivity contribution < 1.29 is 31.5 Å². The fraction of sp³-hybridized carbons (Fsp3) is 0.500. The Bertz CT molecular complexity index is 1160. The van der Waals surface area contributed by atoms with Crippen LogP contribution in [0.15, 0.2) is 22.8 Å². The highest BCUT2D eigenvalue weighted by Gasteiger charge is 2.37. The fourth-order valence-corrected chi connectivity index (χ4v) is 4.62. The first-order valence-corrected chi connectivity index (χ1v) is 15.2. The second-order valence-corrected chi connectivity index (χ2v) is 15.2. The van der Waals surface area contributed by atoms with Gasteiger partial charge in [-0.05, 0) is 48.7 Å². The van der Waals surface area contributed by atoms with Crippen LogP contribution in [0.5, 0.6) is 5.88 Å². The number of carbonyl (C=O) groups excluding carboxylic acids is 1. The SMILES string of the molecule is C[C@H]1CN(c2cc(F)c(Br)c(F)c2NC(=O)c2cnc(OCCS(C)(C)C)cc2C(F)(F)F)CCN1C. The van der Waals surface area contributed by atoms with Crippen molar-refractivity contribution in [2.24, 2.45) is 0 Å². The number of nitrogens with one attached hydrogen (secondary N) is 1. The average molecular weight is 613 g/mol. The third-order valence-corrected chi connectivity index (χ3v) is 8.17. The molecule has 1 aliphatic rings. The van der Waals surface area contributed by atoms with Crippen LogP contribution in [0.25, 0.3) is 0 Å². The molecular formula is C24H30BrF5N4O2S. The van der Waals surface area contributed by atoms with E-state index in [2.05, 4.69) is 31.1 Å². The Hall–Kier alpha value is -2.12. The Kier molecular flexibility index (Phi) is 9.01. The zero-order valence-corrected chi connectivity index (χ0v) is 23.6. The van der Waals surface area contributed by atoms with E-state index in [4.69, 9.17) is 4.74 Å². The minimum atomic E-state index is -4.90. The highest BCUT2D eigenvalue weighted by atomic mass is 79.9. The summed E-state index contributed by atoms with van der Waals surface area (Å²) in [5, 5.41) is 2.24. The average Bonchev–Trinajstić information content (AvgIpc) is 2.79. The van der Waals surface area contributed by atoms with Gasteiger partial charge in [-0.25, -0.2) is 23.8 Å². The van der Waals surface area contributed by atoms with Gasteiger partial charge in [-0.1, -0.05) is 0 Å². The Morgan fingerprint density at radius 1 is 1.24 bits per heavy atom. The van der Waals surface area contributed by atoms with Gasteiger partial charge >= 0.3 is 6.18 Å².